The minimum absolute atomic E-state index is 0.00687. The monoisotopic (exact) mass is 315 g/mol. The SMILES string of the molecule is O=c1c2ccccc2[se]n1-c1cccc2cn[nH]c12. The van der Waals surface area contributed by atoms with Gasteiger partial charge in [0.1, 0.15) is 0 Å². The Morgan fingerprint density at radius 2 is 2.00 bits per heavy atom. The van der Waals surface area contributed by atoms with Gasteiger partial charge in [-0.05, 0) is 0 Å². The number of nitrogens with one attached hydrogen (secondary N) is 1. The molecule has 0 radical (unpaired) electrons. The summed E-state index contributed by atoms with van der Waals surface area (Å²) in [6, 6.07) is 13.7. The van der Waals surface area contributed by atoms with E-state index >= 15 is 0 Å². The first-order chi connectivity index (χ1) is 9.34. The molecular formula is C14H9N3OSe. The van der Waals surface area contributed by atoms with E-state index in [2.05, 4.69) is 10.2 Å². The second kappa shape index (κ2) is 3.95. The number of rotatable bonds is 1. The zero-order valence-corrected chi connectivity index (χ0v) is 11.5. The average molecular weight is 314 g/mol. The first kappa shape index (κ1) is 10.8. The number of hydrogen-bond donors (Lipinski definition) is 1. The fourth-order valence-electron chi connectivity index (χ4n) is 2.25. The van der Waals surface area contributed by atoms with Gasteiger partial charge in [-0.1, -0.05) is 0 Å². The number of aromatic nitrogens is 3. The maximum absolute atomic E-state index is 12.5. The molecule has 0 aliphatic rings. The molecule has 0 unspecified atom stereocenters. The van der Waals surface area contributed by atoms with Crippen LogP contribution in [-0.4, -0.2) is 28.5 Å². The Kier molecular flexibility index (Phi) is 2.24. The first-order valence-electron chi connectivity index (χ1n) is 5.88. The van der Waals surface area contributed by atoms with E-state index in [1.54, 1.807) is 6.20 Å². The van der Waals surface area contributed by atoms with E-state index in [9.17, 15) is 4.79 Å². The van der Waals surface area contributed by atoms with Gasteiger partial charge >= 0.3 is 114 Å². The van der Waals surface area contributed by atoms with E-state index in [1.165, 1.54) is 0 Å². The fourth-order valence-corrected chi connectivity index (χ4v) is 4.40. The molecular weight excluding hydrogens is 305 g/mol. The molecule has 0 amide bonds. The van der Waals surface area contributed by atoms with Gasteiger partial charge in [-0.2, -0.15) is 0 Å². The summed E-state index contributed by atoms with van der Waals surface area (Å²) in [5.74, 6) is 0. The molecule has 0 fully saturated rings. The first-order valence-corrected chi connectivity index (χ1v) is 7.50. The summed E-state index contributed by atoms with van der Waals surface area (Å²) in [7, 11) is 0. The second-order valence-corrected chi connectivity index (χ2v) is 6.37. The Morgan fingerprint density at radius 3 is 2.89 bits per heavy atom. The third-order valence-corrected chi connectivity index (χ3v) is 5.47. The van der Waals surface area contributed by atoms with Crippen LogP contribution in [0.3, 0.4) is 0 Å². The summed E-state index contributed by atoms with van der Waals surface area (Å²) >= 11 is -0.00687. The summed E-state index contributed by atoms with van der Waals surface area (Å²) in [4.78, 5) is 12.5. The Morgan fingerprint density at radius 1 is 1.11 bits per heavy atom. The summed E-state index contributed by atoms with van der Waals surface area (Å²) in [6.45, 7) is 0. The van der Waals surface area contributed by atoms with Crippen molar-refractivity contribution in [3.05, 3.63) is 59.0 Å². The van der Waals surface area contributed by atoms with Gasteiger partial charge in [-0.15, -0.1) is 0 Å². The van der Waals surface area contributed by atoms with Crippen molar-refractivity contribution in [2.24, 2.45) is 0 Å². The number of para-hydroxylation sites is 1. The van der Waals surface area contributed by atoms with Crippen molar-refractivity contribution >= 4 is 35.3 Å². The Balaban J connectivity index is 2.12. The van der Waals surface area contributed by atoms with Gasteiger partial charge in [0.2, 0.25) is 0 Å². The number of aromatic amines is 1. The van der Waals surface area contributed by atoms with Gasteiger partial charge < -0.3 is 0 Å². The topological polar surface area (TPSA) is 50.7 Å². The van der Waals surface area contributed by atoms with Crippen LogP contribution in [0, 0.1) is 0 Å². The number of nitrogens with zero attached hydrogens (tertiary/aromatic N) is 2. The Bertz CT molecular complexity index is 948. The molecule has 2 heterocycles. The second-order valence-electron chi connectivity index (χ2n) is 4.30. The molecule has 5 heteroatoms. The third kappa shape index (κ3) is 1.52. The summed E-state index contributed by atoms with van der Waals surface area (Å²) < 4.78 is 2.99. The Labute approximate surface area is 114 Å². The van der Waals surface area contributed by atoms with Crippen LogP contribution in [-0.2, 0) is 0 Å². The normalized spacial score (nSPS) is 11.4. The molecule has 0 atom stereocenters. The molecule has 92 valence electrons. The molecule has 0 aliphatic carbocycles. The van der Waals surface area contributed by atoms with E-state index in [0.29, 0.717) is 0 Å². The molecule has 1 N–H and O–H groups in total. The number of benzene rings is 2. The fraction of sp³-hybridized carbons (Fsp3) is 0. The van der Waals surface area contributed by atoms with Gasteiger partial charge in [0.15, 0.2) is 0 Å². The van der Waals surface area contributed by atoms with Crippen molar-refractivity contribution in [1.82, 2.24) is 13.8 Å². The predicted molar refractivity (Wildman–Crippen MR) is 76.1 cm³/mol. The summed E-state index contributed by atoms with van der Waals surface area (Å²) in [6.07, 6.45) is 1.78. The van der Waals surface area contributed by atoms with E-state index in [4.69, 9.17) is 0 Å². The van der Waals surface area contributed by atoms with Crippen molar-refractivity contribution in [3.8, 4) is 5.69 Å². The van der Waals surface area contributed by atoms with Crippen LogP contribution in [0.25, 0.3) is 26.2 Å². The van der Waals surface area contributed by atoms with Gasteiger partial charge in [0.05, 0.1) is 0 Å². The van der Waals surface area contributed by atoms with Gasteiger partial charge in [0.25, 0.3) is 0 Å². The van der Waals surface area contributed by atoms with Crippen molar-refractivity contribution in [2.45, 2.75) is 0 Å². The standard InChI is InChI=1S/C14H9N3OSe/c18-14-10-5-1-2-7-12(10)19-17(14)11-6-3-4-9-8-15-16-13(9)11/h1-8H,(H,15,16). The van der Waals surface area contributed by atoms with Crippen molar-refractivity contribution < 1.29 is 0 Å². The molecule has 19 heavy (non-hydrogen) atoms. The van der Waals surface area contributed by atoms with Crippen LogP contribution in [0.5, 0.6) is 0 Å². The predicted octanol–water partition coefficient (Wildman–Crippen LogP) is 1.92. The molecule has 4 aromatic rings. The number of H-pyrrole nitrogens is 1. The average Bonchev–Trinajstić information content (AvgIpc) is 3.04. The summed E-state index contributed by atoms with van der Waals surface area (Å²) in [5.41, 5.74) is 1.92. The van der Waals surface area contributed by atoms with Gasteiger partial charge in [-0.3, -0.25) is 0 Å². The molecule has 0 aliphatic heterocycles. The molecule has 2 aromatic carbocycles. The van der Waals surface area contributed by atoms with Crippen molar-refractivity contribution in [3.63, 3.8) is 0 Å². The molecule has 0 saturated heterocycles. The minimum atomic E-state index is -0.00687. The zero-order chi connectivity index (χ0) is 12.8. The number of hydrogen-bond acceptors (Lipinski definition) is 2. The van der Waals surface area contributed by atoms with Gasteiger partial charge in [-0.25, -0.2) is 0 Å². The van der Waals surface area contributed by atoms with E-state index < -0.39 is 0 Å². The zero-order valence-electron chi connectivity index (χ0n) is 9.83. The van der Waals surface area contributed by atoms with E-state index in [0.717, 1.165) is 26.2 Å². The quantitative estimate of drug-likeness (QED) is 0.546. The van der Waals surface area contributed by atoms with Gasteiger partial charge in [0, 0.05) is 0 Å². The van der Waals surface area contributed by atoms with Crippen LogP contribution in [0.1, 0.15) is 0 Å². The van der Waals surface area contributed by atoms with Crippen LogP contribution in [0.2, 0.25) is 0 Å². The van der Waals surface area contributed by atoms with Crippen molar-refractivity contribution in [2.75, 3.05) is 0 Å². The molecule has 4 rings (SSSR count). The van der Waals surface area contributed by atoms with E-state index in [1.807, 2.05) is 46.0 Å². The van der Waals surface area contributed by atoms with E-state index in [-0.39, 0.29) is 20.3 Å². The maximum atomic E-state index is 12.5. The molecule has 0 saturated carbocycles. The van der Waals surface area contributed by atoms with Crippen molar-refractivity contribution in [1.29, 1.82) is 0 Å². The van der Waals surface area contributed by atoms with Crippen LogP contribution >= 0.6 is 0 Å². The third-order valence-electron chi connectivity index (χ3n) is 3.17. The molecule has 4 nitrogen and oxygen atoms in total. The molecule has 2 aromatic heterocycles. The Hall–Kier alpha value is -2.10. The molecule has 0 spiro atoms. The van der Waals surface area contributed by atoms with Crippen LogP contribution < -0.4 is 5.56 Å². The van der Waals surface area contributed by atoms with Crippen LogP contribution in [0.15, 0.2) is 53.5 Å². The number of fused-ring (bicyclic) bond motifs is 2. The van der Waals surface area contributed by atoms with Crippen LogP contribution in [0.4, 0.5) is 0 Å². The molecule has 0 bridgehead atoms. The summed E-state index contributed by atoms with van der Waals surface area (Å²) in [5, 5.41) is 8.87.